The van der Waals surface area contributed by atoms with Crippen LogP contribution in [-0.4, -0.2) is 31.0 Å². The molecule has 0 aliphatic carbocycles. The summed E-state index contributed by atoms with van der Waals surface area (Å²) in [7, 11) is 0. The minimum atomic E-state index is 0.211. The molecule has 0 amide bonds. The van der Waals surface area contributed by atoms with Gasteiger partial charge in [-0.15, -0.1) is 0 Å². The second-order valence-corrected chi connectivity index (χ2v) is 5.16. The van der Waals surface area contributed by atoms with E-state index in [0.717, 1.165) is 37.4 Å². The molecule has 4 heteroatoms. The van der Waals surface area contributed by atoms with E-state index in [9.17, 15) is 0 Å². The van der Waals surface area contributed by atoms with E-state index in [-0.39, 0.29) is 6.10 Å². The number of piperidine rings is 1. The number of ether oxygens (including phenoxy) is 2. The van der Waals surface area contributed by atoms with Crippen LogP contribution in [0.1, 0.15) is 12.8 Å². The lowest BCUT2D eigenvalue weighted by Crippen LogP contribution is -2.40. The first-order valence-corrected chi connectivity index (χ1v) is 7.36. The van der Waals surface area contributed by atoms with Crippen LogP contribution in [0.15, 0.2) is 54.9 Å². The molecule has 0 spiro atoms. The van der Waals surface area contributed by atoms with E-state index < -0.39 is 0 Å². The molecule has 21 heavy (non-hydrogen) atoms. The van der Waals surface area contributed by atoms with Gasteiger partial charge in [-0.1, -0.05) is 18.2 Å². The third-order valence-corrected chi connectivity index (χ3v) is 3.66. The van der Waals surface area contributed by atoms with Gasteiger partial charge in [0.25, 0.3) is 0 Å². The standard InChI is InChI=1S/C17H20N2O2/c1-2-7-16(8-3-1)20-14-21-17-9-5-11-19(13-17)15-6-4-10-18-12-15/h1-4,6-8,10,12,17H,5,9,11,13-14H2. The second kappa shape index (κ2) is 7.09. The monoisotopic (exact) mass is 284 g/mol. The van der Waals surface area contributed by atoms with Gasteiger partial charge in [0.1, 0.15) is 5.75 Å². The van der Waals surface area contributed by atoms with Crippen LogP contribution in [0.3, 0.4) is 0 Å². The van der Waals surface area contributed by atoms with Crippen LogP contribution in [0, 0.1) is 0 Å². The van der Waals surface area contributed by atoms with Gasteiger partial charge >= 0.3 is 0 Å². The van der Waals surface area contributed by atoms with E-state index in [1.807, 2.05) is 42.6 Å². The van der Waals surface area contributed by atoms with E-state index in [4.69, 9.17) is 9.47 Å². The Morgan fingerprint density at radius 2 is 2.05 bits per heavy atom. The van der Waals surface area contributed by atoms with E-state index >= 15 is 0 Å². The topological polar surface area (TPSA) is 34.6 Å². The zero-order valence-corrected chi connectivity index (χ0v) is 12.0. The van der Waals surface area contributed by atoms with E-state index in [1.54, 1.807) is 6.20 Å². The van der Waals surface area contributed by atoms with Gasteiger partial charge in [0.15, 0.2) is 6.79 Å². The van der Waals surface area contributed by atoms with Crippen LogP contribution < -0.4 is 9.64 Å². The van der Waals surface area contributed by atoms with Crippen molar-refractivity contribution in [1.29, 1.82) is 0 Å². The molecule has 1 saturated heterocycles. The lowest BCUT2D eigenvalue weighted by molar-refractivity contribution is -0.0402. The van der Waals surface area contributed by atoms with Gasteiger partial charge in [-0.2, -0.15) is 0 Å². The summed E-state index contributed by atoms with van der Waals surface area (Å²) in [6.45, 7) is 2.25. The molecule has 4 nitrogen and oxygen atoms in total. The summed E-state index contributed by atoms with van der Waals surface area (Å²) >= 11 is 0. The summed E-state index contributed by atoms with van der Waals surface area (Å²) in [4.78, 5) is 6.50. The number of nitrogens with zero attached hydrogens (tertiary/aromatic N) is 2. The number of anilines is 1. The van der Waals surface area contributed by atoms with Crippen molar-refractivity contribution < 1.29 is 9.47 Å². The lowest BCUT2D eigenvalue weighted by atomic mass is 10.1. The number of aromatic nitrogens is 1. The first kappa shape index (κ1) is 13.9. The second-order valence-electron chi connectivity index (χ2n) is 5.16. The van der Waals surface area contributed by atoms with Crippen LogP contribution >= 0.6 is 0 Å². The van der Waals surface area contributed by atoms with E-state index in [1.165, 1.54) is 0 Å². The summed E-state index contributed by atoms with van der Waals surface area (Å²) in [5.41, 5.74) is 1.16. The molecular weight excluding hydrogens is 264 g/mol. The number of rotatable bonds is 5. The molecule has 2 aromatic rings. The highest BCUT2D eigenvalue weighted by Crippen LogP contribution is 2.20. The molecule has 0 saturated carbocycles. The Balaban J connectivity index is 1.48. The van der Waals surface area contributed by atoms with E-state index in [2.05, 4.69) is 16.0 Å². The summed E-state index contributed by atoms with van der Waals surface area (Å²) in [5.74, 6) is 0.845. The fourth-order valence-corrected chi connectivity index (χ4v) is 2.56. The maximum atomic E-state index is 5.85. The van der Waals surface area contributed by atoms with E-state index in [0.29, 0.717) is 6.79 Å². The number of hydrogen-bond donors (Lipinski definition) is 0. The van der Waals surface area contributed by atoms with Crippen LogP contribution in [0.5, 0.6) is 5.75 Å². The molecule has 1 fully saturated rings. The highest BCUT2D eigenvalue weighted by molar-refractivity contribution is 5.44. The molecule has 1 unspecified atom stereocenters. The summed E-state index contributed by atoms with van der Waals surface area (Å²) in [6.07, 6.45) is 6.13. The van der Waals surface area contributed by atoms with Gasteiger partial charge < -0.3 is 14.4 Å². The molecule has 2 heterocycles. The number of hydrogen-bond acceptors (Lipinski definition) is 4. The van der Waals surface area contributed by atoms with Crippen molar-refractivity contribution in [1.82, 2.24) is 4.98 Å². The number of benzene rings is 1. The predicted molar refractivity (Wildman–Crippen MR) is 82.5 cm³/mol. The number of pyridine rings is 1. The molecule has 0 N–H and O–H groups in total. The smallest absolute Gasteiger partial charge is 0.189 e. The summed E-state index contributed by atoms with van der Waals surface area (Å²) in [6, 6.07) is 13.8. The Labute approximate surface area is 125 Å². The minimum Gasteiger partial charge on any atom is -0.468 e. The van der Waals surface area contributed by atoms with Crippen LogP contribution in [0.2, 0.25) is 0 Å². The molecule has 1 aliphatic heterocycles. The van der Waals surface area contributed by atoms with Gasteiger partial charge in [-0.3, -0.25) is 4.98 Å². The van der Waals surface area contributed by atoms with Crippen molar-refractivity contribution in [3.63, 3.8) is 0 Å². The highest BCUT2D eigenvalue weighted by atomic mass is 16.7. The van der Waals surface area contributed by atoms with Gasteiger partial charge in [0.2, 0.25) is 0 Å². The van der Waals surface area contributed by atoms with Gasteiger partial charge in [0, 0.05) is 19.3 Å². The maximum absolute atomic E-state index is 5.85. The number of para-hydroxylation sites is 1. The molecule has 0 bridgehead atoms. The Hall–Kier alpha value is -2.07. The molecule has 3 rings (SSSR count). The van der Waals surface area contributed by atoms with Crippen LogP contribution in [0.4, 0.5) is 5.69 Å². The summed E-state index contributed by atoms with van der Waals surface area (Å²) < 4.78 is 11.5. The average molecular weight is 284 g/mol. The lowest BCUT2D eigenvalue weighted by Gasteiger charge is -2.33. The zero-order valence-electron chi connectivity index (χ0n) is 12.0. The van der Waals surface area contributed by atoms with Gasteiger partial charge in [0.05, 0.1) is 18.0 Å². The molecule has 1 aliphatic rings. The molecule has 1 aromatic carbocycles. The fourth-order valence-electron chi connectivity index (χ4n) is 2.56. The van der Waals surface area contributed by atoms with Crippen molar-refractivity contribution in [2.24, 2.45) is 0 Å². The molecule has 0 radical (unpaired) electrons. The Bertz CT molecular complexity index is 533. The average Bonchev–Trinajstić information content (AvgIpc) is 2.57. The van der Waals surface area contributed by atoms with Gasteiger partial charge in [-0.25, -0.2) is 0 Å². The van der Waals surface area contributed by atoms with Crippen molar-refractivity contribution in [3.8, 4) is 5.75 Å². The van der Waals surface area contributed by atoms with Crippen LogP contribution in [-0.2, 0) is 4.74 Å². The first-order valence-electron chi connectivity index (χ1n) is 7.36. The minimum absolute atomic E-state index is 0.211. The fraction of sp³-hybridized carbons (Fsp3) is 0.353. The summed E-state index contributed by atoms with van der Waals surface area (Å²) in [5, 5.41) is 0. The normalized spacial score (nSPS) is 18.5. The predicted octanol–water partition coefficient (Wildman–Crippen LogP) is 3.10. The third kappa shape index (κ3) is 3.95. The first-order chi connectivity index (χ1) is 10.4. The quantitative estimate of drug-likeness (QED) is 0.790. The Morgan fingerprint density at radius 3 is 2.86 bits per heavy atom. The Morgan fingerprint density at radius 1 is 1.14 bits per heavy atom. The SMILES string of the molecule is c1ccc(OCOC2CCCN(c3cccnc3)C2)cc1. The molecule has 1 aromatic heterocycles. The zero-order chi connectivity index (χ0) is 14.3. The van der Waals surface area contributed by atoms with Crippen LogP contribution in [0.25, 0.3) is 0 Å². The van der Waals surface area contributed by atoms with Crippen molar-refractivity contribution in [2.75, 3.05) is 24.8 Å². The molecular formula is C17H20N2O2. The molecule has 110 valence electrons. The maximum Gasteiger partial charge on any atom is 0.189 e. The largest absolute Gasteiger partial charge is 0.468 e. The van der Waals surface area contributed by atoms with Crippen molar-refractivity contribution >= 4 is 5.69 Å². The third-order valence-electron chi connectivity index (χ3n) is 3.66. The molecule has 1 atom stereocenters. The highest BCUT2D eigenvalue weighted by Gasteiger charge is 2.20. The van der Waals surface area contributed by atoms with Gasteiger partial charge in [-0.05, 0) is 37.1 Å². The van der Waals surface area contributed by atoms with Crippen molar-refractivity contribution in [3.05, 3.63) is 54.9 Å². The Kier molecular flexibility index (Phi) is 4.69. The van der Waals surface area contributed by atoms with Crippen molar-refractivity contribution in [2.45, 2.75) is 18.9 Å².